The maximum atomic E-state index is 11.9. The first-order valence-corrected chi connectivity index (χ1v) is 5.27. The lowest BCUT2D eigenvalue weighted by molar-refractivity contribution is -0.139. The lowest BCUT2D eigenvalue weighted by Gasteiger charge is -2.26. The third-order valence-electron chi connectivity index (χ3n) is 2.62. The van der Waals surface area contributed by atoms with Gasteiger partial charge in [-0.05, 0) is 13.3 Å². The summed E-state index contributed by atoms with van der Waals surface area (Å²) in [5.74, 6) is 4.82. The van der Waals surface area contributed by atoms with Crippen LogP contribution in [0.2, 0.25) is 0 Å². The van der Waals surface area contributed by atoms with Gasteiger partial charge in [-0.1, -0.05) is 24.8 Å². The standard InChI is InChI=1S/C13H18O3/c1-4-8-13(11(3)15,12(16)5-2)9-6-7-10-14/h4,14H,1,5,8-10H2,2-3H3. The lowest BCUT2D eigenvalue weighted by atomic mass is 9.73. The molecular formula is C13H18O3. The highest BCUT2D eigenvalue weighted by molar-refractivity contribution is 6.06. The molecule has 0 amide bonds. The molecule has 0 aliphatic carbocycles. The van der Waals surface area contributed by atoms with Crippen molar-refractivity contribution in [3.05, 3.63) is 12.7 Å². The first-order chi connectivity index (χ1) is 7.55. The predicted molar refractivity (Wildman–Crippen MR) is 62.7 cm³/mol. The summed E-state index contributed by atoms with van der Waals surface area (Å²) < 4.78 is 0. The Hall–Kier alpha value is -1.40. The fraction of sp³-hybridized carbons (Fsp3) is 0.538. The average molecular weight is 222 g/mol. The zero-order valence-corrected chi connectivity index (χ0v) is 9.88. The summed E-state index contributed by atoms with van der Waals surface area (Å²) in [6.07, 6.45) is 2.32. The Bertz CT molecular complexity index is 333. The van der Waals surface area contributed by atoms with E-state index >= 15 is 0 Å². The summed E-state index contributed by atoms with van der Waals surface area (Å²) in [6, 6.07) is 0. The van der Waals surface area contributed by atoms with Crippen LogP contribution in [0.4, 0.5) is 0 Å². The number of hydrogen-bond acceptors (Lipinski definition) is 3. The van der Waals surface area contributed by atoms with Crippen LogP contribution in [0.25, 0.3) is 0 Å². The van der Waals surface area contributed by atoms with Gasteiger partial charge in [0.05, 0.1) is 0 Å². The Morgan fingerprint density at radius 2 is 2.06 bits per heavy atom. The van der Waals surface area contributed by atoms with Crippen molar-refractivity contribution >= 4 is 11.6 Å². The molecule has 1 atom stereocenters. The van der Waals surface area contributed by atoms with E-state index < -0.39 is 5.41 Å². The Morgan fingerprint density at radius 1 is 1.44 bits per heavy atom. The molecule has 0 fully saturated rings. The highest BCUT2D eigenvalue weighted by atomic mass is 16.2. The third kappa shape index (κ3) is 3.32. The van der Waals surface area contributed by atoms with Crippen molar-refractivity contribution in [3.63, 3.8) is 0 Å². The van der Waals surface area contributed by atoms with Gasteiger partial charge in [0, 0.05) is 12.8 Å². The fourth-order valence-corrected chi connectivity index (χ4v) is 1.60. The average Bonchev–Trinajstić information content (AvgIpc) is 2.26. The van der Waals surface area contributed by atoms with Crippen LogP contribution in [0.5, 0.6) is 0 Å². The Balaban J connectivity index is 5.16. The van der Waals surface area contributed by atoms with E-state index in [1.54, 1.807) is 13.0 Å². The Kier molecular flexibility index (Phi) is 6.36. The highest BCUT2D eigenvalue weighted by Crippen LogP contribution is 2.30. The van der Waals surface area contributed by atoms with Crippen LogP contribution < -0.4 is 0 Å². The number of Topliss-reactive ketones (excluding diaryl/α,β-unsaturated/α-hetero) is 2. The lowest BCUT2D eigenvalue weighted by Crippen LogP contribution is -2.37. The SMILES string of the molecule is C=CCC(CC#CCO)(C(C)=O)C(=O)CC. The minimum absolute atomic E-state index is 0.118. The van der Waals surface area contributed by atoms with Crippen molar-refractivity contribution in [1.82, 2.24) is 0 Å². The molecule has 3 heteroatoms. The van der Waals surface area contributed by atoms with Crippen LogP contribution in [-0.2, 0) is 9.59 Å². The molecule has 0 aromatic heterocycles. The van der Waals surface area contributed by atoms with Gasteiger partial charge in [0.25, 0.3) is 0 Å². The van der Waals surface area contributed by atoms with Crippen molar-refractivity contribution in [2.24, 2.45) is 5.41 Å². The molecule has 0 bridgehead atoms. The summed E-state index contributed by atoms with van der Waals surface area (Å²) in [5, 5.41) is 8.56. The molecule has 3 nitrogen and oxygen atoms in total. The molecule has 1 unspecified atom stereocenters. The van der Waals surface area contributed by atoms with Crippen LogP contribution in [0, 0.1) is 17.3 Å². The molecule has 0 rings (SSSR count). The second-order valence-corrected chi connectivity index (χ2v) is 3.60. The smallest absolute Gasteiger partial charge is 0.147 e. The molecule has 0 radical (unpaired) electrons. The molecule has 0 aromatic carbocycles. The molecule has 16 heavy (non-hydrogen) atoms. The molecule has 1 N–H and O–H groups in total. The number of carbonyl (C=O) groups excluding carboxylic acids is 2. The van der Waals surface area contributed by atoms with E-state index in [0.717, 1.165) is 0 Å². The van der Waals surface area contributed by atoms with Crippen molar-refractivity contribution in [1.29, 1.82) is 0 Å². The molecule has 0 aliphatic heterocycles. The Morgan fingerprint density at radius 3 is 2.44 bits per heavy atom. The summed E-state index contributed by atoms with van der Waals surface area (Å²) in [6.45, 7) is 6.43. The molecule has 0 saturated carbocycles. The maximum absolute atomic E-state index is 11.9. The van der Waals surface area contributed by atoms with E-state index in [0.29, 0.717) is 12.8 Å². The predicted octanol–water partition coefficient (Wildman–Crippen LogP) is 1.50. The van der Waals surface area contributed by atoms with Gasteiger partial charge in [-0.15, -0.1) is 6.58 Å². The molecule has 0 aromatic rings. The maximum Gasteiger partial charge on any atom is 0.147 e. The molecule has 0 heterocycles. The molecular weight excluding hydrogens is 204 g/mol. The number of aliphatic hydroxyl groups excluding tert-OH is 1. The first kappa shape index (κ1) is 14.6. The quantitative estimate of drug-likeness (QED) is 0.421. The van der Waals surface area contributed by atoms with E-state index in [1.807, 2.05) is 0 Å². The summed E-state index contributed by atoms with van der Waals surface area (Å²) >= 11 is 0. The summed E-state index contributed by atoms with van der Waals surface area (Å²) in [5.41, 5.74) is -1.07. The minimum atomic E-state index is -1.07. The molecule has 0 saturated heterocycles. The van der Waals surface area contributed by atoms with Crippen molar-refractivity contribution in [3.8, 4) is 11.8 Å². The number of allylic oxidation sites excluding steroid dienone is 1. The van der Waals surface area contributed by atoms with Crippen molar-refractivity contribution < 1.29 is 14.7 Å². The van der Waals surface area contributed by atoms with Gasteiger partial charge in [0.15, 0.2) is 0 Å². The molecule has 0 aliphatic rings. The van der Waals surface area contributed by atoms with E-state index in [4.69, 9.17) is 5.11 Å². The van der Waals surface area contributed by atoms with E-state index in [9.17, 15) is 9.59 Å². The van der Waals surface area contributed by atoms with Gasteiger partial charge in [-0.25, -0.2) is 0 Å². The largest absolute Gasteiger partial charge is 0.384 e. The number of carbonyl (C=O) groups is 2. The summed E-state index contributed by atoms with van der Waals surface area (Å²) in [4.78, 5) is 23.5. The Labute approximate surface area is 96.5 Å². The zero-order chi connectivity index (χ0) is 12.6. The van der Waals surface area contributed by atoms with Crippen molar-refractivity contribution in [2.75, 3.05) is 6.61 Å². The van der Waals surface area contributed by atoms with Crippen molar-refractivity contribution in [2.45, 2.75) is 33.1 Å². The topological polar surface area (TPSA) is 54.4 Å². The van der Waals surface area contributed by atoms with E-state index in [2.05, 4.69) is 18.4 Å². The van der Waals surface area contributed by atoms with Crippen LogP contribution in [0.15, 0.2) is 12.7 Å². The van der Waals surface area contributed by atoms with Gasteiger partial charge in [0.2, 0.25) is 0 Å². The number of rotatable bonds is 6. The first-order valence-electron chi connectivity index (χ1n) is 5.27. The minimum Gasteiger partial charge on any atom is -0.384 e. The van der Waals surface area contributed by atoms with Crippen LogP contribution in [0.3, 0.4) is 0 Å². The van der Waals surface area contributed by atoms with Crippen LogP contribution in [0.1, 0.15) is 33.1 Å². The van der Waals surface area contributed by atoms with Gasteiger partial charge < -0.3 is 5.11 Å². The van der Waals surface area contributed by atoms with E-state index in [-0.39, 0.29) is 24.6 Å². The van der Waals surface area contributed by atoms with Gasteiger partial charge >= 0.3 is 0 Å². The van der Waals surface area contributed by atoms with Crippen LogP contribution >= 0.6 is 0 Å². The number of aliphatic hydroxyl groups is 1. The van der Waals surface area contributed by atoms with Gasteiger partial charge in [-0.2, -0.15) is 0 Å². The summed E-state index contributed by atoms with van der Waals surface area (Å²) in [7, 11) is 0. The van der Waals surface area contributed by atoms with Crippen LogP contribution in [-0.4, -0.2) is 23.3 Å². The second-order valence-electron chi connectivity index (χ2n) is 3.60. The molecule has 88 valence electrons. The van der Waals surface area contributed by atoms with Gasteiger partial charge in [-0.3, -0.25) is 9.59 Å². The highest BCUT2D eigenvalue weighted by Gasteiger charge is 2.39. The fourth-order valence-electron chi connectivity index (χ4n) is 1.60. The molecule has 0 spiro atoms. The number of ketones is 2. The third-order valence-corrected chi connectivity index (χ3v) is 2.62. The van der Waals surface area contributed by atoms with Gasteiger partial charge in [0.1, 0.15) is 23.6 Å². The monoisotopic (exact) mass is 222 g/mol. The normalized spacial score (nSPS) is 13.2. The second kappa shape index (κ2) is 6.97. The van der Waals surface area contributed by atoms with E-state index in [1.165, 1.54) is 6.92 Å². The number of hydrogen-bond donors (Lipinski definition) is 1. The zero-order valence-electron chi connectivity index (χ0n) is 9.88.